The third kappa shape index (κ3) is 9.88. The van der Waals surface area contributed by atoms with E-state index in [0.717, 1.165) is 56.4 Å². The normalized spacial score (nSPS) is 19.5. The smallest absolute Gasteiger partial charge is 0.308 e. The Morgan fingerprint density at radius 2 is 1.72 bits per heavy atom. The van der Waals surface area contributed by atoms with E-state index in [1.807, 2.05) is 44.2 Å². The number of esters is 1. The third-order valence-corrected chi connectivity index (χ3v) is 6.14. The van der Waals surface area contributed by atoms with Crippen molar-refractivity contribution in [3.05, 3.63) is 35.9 Å². The highest BCUT2D eigenvalue weighted by Crippen LogP contribution is 2.23. The second kappa shape index (κ2) is 14.7. The largest absolute Gasteiger partial charge is 0.494 e. The van der Waals surface area contributed by atoms with Crippen molar-refractivity contribution < 1.29 is 19.1 Å². The van der Waals surface area contributed by atoms with E-state index in [2.05, 4.69) is 12.2 Å². The Bertz CT molecular complexity index is 705. The van der Waals surface area contributed by atoms with Gasteiger partial charge in [-0.05, 0) is 62.3 Å². The lowest BCUT2D eigenvalue weighted by atomic mass is 9.92. The van der Waals surface area contributed by atoms with Crippen molar-refractivity contribution in [1.29, 1.82) is 0 Å². The number of hydrogen-bond donors (Lipinski definition) is 1. The number of unbranched alkanes of at least 4 members (excludes halogenated alkanes) is 4. The van der Waals surface area contributed by atoms with Crippen LogP contribution < -0.4 is 10.1 Å². The molecule has 1 aromatic carbocycles. The highest BCUT2D eigenvalue weighted by molar-refractivity contribution is 5.91. The molecule has 0 saturated heterocycles. The van der Waals surface area contributed by atoms with Crippen LogP contribution in [-0.4, -0.2) is 30.6 Å². The maximum atomic E-state index is 12.3. The molecule has 1 saturated carbocycles. The second-order valence-electron chi connectivity index (χ2n) is 8.89. The lowest BCUT2D eigenvalue weighted by Gasteiger charge is -2.29. The minimum Gasteiger partial charge on any atom is -0.494 e. The summed E-state index contributed by atoms with van der Waals surface area (Å²) >= 11 is 0. The molecule has 0 radical (unpaired) electrons. The van der Waals surface area contributed by atoms with E-state index in [9.17, 15) is 9.59 Å². The Labute approximate surface area is 193 Å². The zero-order chi connectivity index (χ0) is 23.2. The maximum Gasteiger partial charge on any atom is 0.308 e. The first kappa shape index (κ1) is 26.0. The van der Waals surface area contributed by atoms with Crippen molar-refractivity contribution in [2.24, 2.45) is 5.92 Å². The van der Waals surface area contributed by atoms with Crippen LogP contribution in [-0.2, 0) is 14.3 Å². The van der Waals surface area contributed by atoms with Crippen molar-refractivity contribution in [1.82, 2.24) is 5.32 Å². The molecule has 1 unspecified atom stereocenters. The van der Waals surface area contributed by atoms with Crippen LogP contribution >= 0.6 is 0 Å². The van der Waals surface area contributed by atoms with Crippen LogP contribution in [0.1, 0.15) is 90.5 Å². The SMILES string of the molecule is CCCCCCCOc1ccc(/C=C/C(=O)N[C@H]2CC[C@H](OC(=O)C(C)CC)CC2)cc1. The Kier molecular flexibility index (Phi) is 11.9. The van der Waals surface area contributed by atoms with Gasteiger partial charge in [0.1, 0.15) is 11.9 Å². The number of carbonyl (C=O) groups excluding carboxylic acids is 2. The van der Waals surface area contributed by atoms with Gasteiger partial charge >= 0.3 is 5.97 Å². The molecule has 1 aliphatic carbocycles. The van der Waals surface area contributed by atoms with Crippen LogP contribution in [0.5, 0.6) is 5.75 Å². The number of hydrogen-bond acceptors (Lipinski definition) is 4. The van der Waals surface area contributed by atoms with Crippen molar-refractivity contribution >= 4 is 18.0 Å². The minimum atomic E-state index is -0.105. The summed E-state index contributed by atoms with van der Waals surface area (Å²) in [4.78, 5) is 24.2. The molecule has 0 spiro atoms. The predicted molar refractivity (Wildman–Crippen MR) is 129 cm³/mol. The molecule has 5 heteroatoms. The number of nitrogens with one attached hydrogen (secondary N) is 1. The first-order valence-electron chi connectivity index (χ1n) is 12.4. The highest BCUT2D eigenvalue weighted by Gasteiger charge is 2.25. The number of ether oxygens (including phenoxy) is 2. The predicted octanol–water partition coefficient (Wildman–Crippen LogP) is 6.07. The topological polar surface area (TPSA) is 64.6 Å². The van der Waals surface area contributed by atoms with Gasteiger partial charge in [-0.3, -0.25) is 9.59 Å². The third-order valence-electron chi connectivity index (χ3n) is 6.14. The Hall–Kier alpha value is -2.30. The molecule has 0 bridgehead atoms. The van der Waals surface area contributed by atoms with Gasteiger partial charge in [0.2, 0.25) is 5.91 Å². The molecular formula is C27H41NO4. The van der Waals surface area contributed by atoms with E-state index in [1.165, 1.54) is 25.7 Å². The van der Waals surface area contributed by atoms with Gasteiger partial charge in [0, 0.05) is 12.1 Å². The molecule has 1 amide bonds. The van der Waals surface area contributed by atoms with Gasteiger partial charge in [0.05, 0.1) is 12.5 Å². The highest BCUT2D eigenvalue weighted by atomic mass is 16.5. The summed E-state index contributed by atoms with van der Waals surface area (Å²) in [6.45, 7) is 6.86. The molecule has 0 heterocycles. The number of benzene rings is 1. The summed E-state index contributed by atoms with van der Waals surface area (Å²) in [5, 5.41) is 3.07. The Morgan fingerprint density at radius 3 is 2.38 bits per heavy atom. The standard InChI is InChI=1S/C27H41NO4/c1-4-6-7-8-9-20-31-24-15-10-22(11-16-24)12-19-26(29)28-23-13-17-25(18-14-23)32-27(30)21(3)5-2/h10-12,15-16,19,21,23,25H,4-9,13-14,17-18,20H2,1-3H3,(H,28,29)/b19-12+/t21?,23-,25-. The number of rotatable bonds is 13. The molecule has 1 aromatic rings. The molecular weight excluding hydrogens is 402 g/mol. The molecule has 1 aliphatic rings. The van der Waals surface area contributed by atoms with Crippen molar-refractivity contribution in [2.75, 3.05) is 6.61 Å². The van der Waals surface area contributed by atoms with Gasteiger partial charge in [-0.15, -0.1) is 0 Å². The number of amides is 1. The van der Waals surface area contributed by atoms with E-state index in [-0.39, 0.29) is 29.9 Å². The van der Waals surface area contributed by atoms with Gasteiger partial charge in [0.15, 0.2) is 0 Å². The molecule has 1 N–H and O–H groups in total. The minimum absolute atomic E-state index is 0.0164. The van der Waals surface area contributed by atoms with Crippen LogP contribution in [0.3, 0.4) is 0 Å². The van der Waals surface area contributed by atoms with Crippen LogP contribution in [0.25, 0.3) is 6.08 Å². The average molecular weight is 444 g/mol. The van der Waals surface area contributed by atoms with Gasteiger partial charge in [0.25, 0.3) is 0 Å². The Morgan fingerprint density at radius 1 is 1.03 bits per heavy atom. The Balaban J connectivity index is 1.65. The van der Waals surface area contributed by atoms with Gasteiger partial charge in [-0.2, -0.15) is 0 Å². The summed E-state index contributed by atoms with van der Waals surface area (Å²) in [5.41, 5.74) is 0.969. The van der Waals surface area contributed by atoms with Crippen LogP contribution in [0, 0.1) is 5.92 Å². The molecule has 2 rings (SSSR count). The molecule has 1 fully saturated rings. The van der Waals surface area contributed by atoms with Crippen molar-refractivity contribution in [3.8, 4) is 5.75 Å². The maximum absolute atomic E-state index is 12.3. The fraction of sp³-hybridized carbons (Fsp3) is 0.630. The van der Waals surface area contributed by atoms with Gasteiger partial charge in [-0.25, -0.2) is 0 Å². The molecule has 1 atom stereocenters. The quantitative estimate of drug-likeness (QED) is 0.228. The van der Waals surface area contributed by atoms with Crippen LogP contribution in [0.15, 0.2) is 30.3 Å². The monoisotopic (exact) mass is 443 g/mol. The zero-order valence-corrected chi connectivity index (χ0v) is 20.1. The fourth-order valence-electron chi connectivity index (χ4n) is 3.76. The van der Waals surface area contributed by atoms with Gasteiger partial charge in [-0.1, -0.05) is 58.6 Å². The van der Waals surface area contributed by atoms with Crippen LogP contribution in [0.2, 0.25) is 0 Å². The van der Waals surface area contributed by atoms with Crippen molar-refractivity contribution in [3.63, 3.8) is 0 Å². The summed E-state index contributed by atoms with van der Waals surface area (Å²) in [6.07, 6.45) is 13.6. The van der Waals surface area contributed by atoms with E-state index in [4.69, 9.17) is 9.47 Å². The van der Waals surface area contributed by atoms with Crippen molar-refractivity contribution in [2.45, 2.75) is 97.1 Å². The molecule has 0 aromatic heterocycles. The summed E-state index contributed by atoms with van der Waals surface area (Å²) < 4.78 is 11.4. The first-order chi connectivity index (χ1) is 15.5. The summed E-state index contributed by atoms with van der Waals surface area (Å²) in [7, 11) is 0. The molecule has 178 valence electrons. The molecule has 0 aliphatic heterocycles. The van der Waals surface area contributed by atoms with Crippen LogP contribution in [0.4, 0.5) is 0 Å². The van der Waals surface area contributed by atoms with E-state index in [0.29, 0.717) is 0 Å². The molecule has 5 nitrogen and oxygen atoms in total. The van der Waals surface area contributed by atoms with Gasteiger partial charge < -0.3 is 14.8 Å². The zero-order valence-electron chi connectivity index (χ0n) is 20.1. The van der Waals surface area contributed by atoms with E-state index in [1.54, 1.807) is 6.08 Å². The lowest BCUT2D eigenvalue weighted by Crippen LogP contribution is -2.39. The average Bonchev–Trinajstić information content (AvgIpc) is 2.81. The lowest BCUT2D eigenvalue weighted by molar-refractivity contribution is -0.155. The van der Waals surface area contributed by atoms with E-state index < -0.39 is 0 Å². The summed E-state index contributed by atoms with van der Waals surface area (Å²) in [6, 6.07) is 7.97. The second-order valence-corrected chi connectivity index (χ2v) is 8.89. The fourth-order valence-corrected chi connectivity index (χ4v) is 3.76. The first-order valence-corrected chi connectivity index (χ1v) is 12.4. The van der Waals surface area contributed by atoms with E-state index >= 15 is 0 Å². The number of carbonyl (C=O) groups is 2. The summed E-state index contributed by atoms with van der Waals surface area (Å²) in [5.74, 6) is 0.630. The molecule has 32 heavy (non-hydrogen) atoms.